The predicted molar refractivity (Wildman–Crippen MR) is 93.8 cm³/mol. The van der Waals surface area contributed by atoms with Crippen LogP contribution in [0.1, 0.15) is 45.1 Å². The van der Waals surface area contributed by atoms with Gasteiger partial charge in [0.15, 0.2) is 0 Å². The van der Waals surface area contributed by atoms with E-state index < -0.39 is 17.7 Å². The highest BCUT2D eigenvalue weighted by molar-refractivity contribution is 6.35. The lowest BCUT2D eigenvalue weighted by Crippen LogP contribution is -2.47. The van der Waals surface area contributed by atoms with Crippen molar-refractivity contribution in [2.24, 2.45) is 5.10 Å². The number of likely N-dealkylation sites (tertiary alicyclic amines) is 1. The van der Waals surface area contributed by atoms with Crippen LogP contribution in [-0.4, -0.2) is 35.9 Å². The quantitative estimate of drug-likeness (QED) is 0.372. The smallest absolute Gasteiger partial charge is 0.416 e. The molecular formula is C18H24F3N3O2. The van der Waals surface area contributed by atoms with E-state index in [1.165, 1.54) is 12.1 Å². The van der Waals surface area contributed by atoms with E-state index in [0.29, 0.717) is 6.54 Å². The average molecular weight is 371 g/mol. The first-order valence-corrected chi connectivity index (χ1v) is 8.81. The molecular weight excluding hydrogens is 347 g/mol. The molecule has 1 N–H and O–H groups in total. The second kappa shape index (κ2) is 8.91. The largest absolute Gasteiger partial charge is 0.460 e. The van der Waals surface area contributed by atoms with Crippen molar-refractivity contribution in [3.63, 3.8) is 0 Å². The molecule has 0 bridgehead atoms. The number of esters is 1. The summed E-state index contributed by atoms with van der Waals surface area (Å²) in [5.74, 6) is -0.469. The maximum atomic E-state index is 12.8. The van der Waals surface area contributed by atoms with Gasteiger partial charge in [0.2, 0.25) is 5.84 Å². The lowest BCUT2D eigenvalue weighted by molar-refractivity contribution is -0.138. The van der Waals surface area contributed by atoms with Gasteiger partial charge in [0, 0.05) is 12.6 Å². The van der Waals surface area contributed by atoms with Crippen molar-refractivity contribution in [1.82, 2.24) is 4.90 Å². The lowest BCUT2D eigenvalue weighted by atomic mass is 10.00. The Kier molecular flexibility index (Phi) is 6.88. The Morgan fingerprint density at radius 1 is 1.35 bits per heavy atom. The molecule has 1 aliphatic rings. The molecule has 1 aliphatic heterocycles. The minimum atomic E-state index is -4.44. The molecule has 1 heterocycles. The Morgan fingerprint density at radius 2 is 2.12 bits per heavy atom. The zero-order chi connectivity index (χ0) is 19.2. The number of piperidine rings is 1. The third-order valence-electron chi connectivity index (χ3n) is 4.31. The summed E-state index contributed by atoms with van der Waals surface area (Å²) in [6.07, 6.45) is -0.642. The summed E-state index contributed by atoms with van der Waals surface area (Å²) in [7, 11) is 0. The molecule has 1 aromatic rings. The molecule has 0 amide bonds. The van der Waals surface area contributed by atoms with Crippen molar-refractivity contribution in [1.29, 1.82) is 0 Å². The first kappa shape index (κ1) is 20.1. The van der Waals surface area contributed by atoms with Crippen LogP contribution in [0.5, 0.6) is 0 Å². The second-order valence-electron chi connectivity index (χ2n) is 6.10. The van der Waals surface area contributed by atoms with Crippen molar-refractivity contribution in [3.05, 3.63) is 29.8 Å². The number of anilines is 1. The Bertz CT molecular complexity index is 647. The van der Waals surface area contributed by atoms with E-state index in [2.05, 4.69) is 10.5 Å². The summed E-state index contributed by atoms with van der Waals surface area (Å²) in [5.41, 5.74) is 1.96. The van der Waals surface area contributed by atoms with Gasteiger partial charge in [-0.3, -0.25) is 5.43 Å². The van der Waals surface area contributed by atoms with Crippen LogP contribution < -0.4 is 5.43 Å². The maximum absolute atomic E-state index is 12.8. The maximum Gasteiger partial charge on any atom is 0.416 e. The zero-order valence-electron chi connectivity index (χ0n) is 15.0. The van der Waals surface area contributed by atoms with E-state index in [-0.39, 0.29) is 24.2 Å². The zero-order valence-corrected chi connectivity index (χ0v) is 15.0. The van der Waals surface area contributed by atoms with Crippen LogP contribution in [0, 0.1) is 0 Å². The number of hydrazone groups is 1. The number of halogens is 3. The van der Waals surface area contributed by atoms with E-state index in [1.807, 2.05) is 11.8 Å². The Labute approximate surface area is 151 Å². The van der Waals surface area contributed by atoms with Crippen LogP contribution in [-0.2, 0) is 15.7 Å². The van der Waals surface area contributed by atoms with E-state index in [0.717, 1.165) is 37.8 Å². The summed E-state index contributed by atoms with van der Waals surface area (Å²) >= 11 is 0. The highest BCUT2D eigenvalue weighted by atomic mass is 19.4. The molecule has 1 saturated heterocycles. The van der Waals surface area contributed by atoms with Crippen molar-refractivity contribution < 1.29 is 22.7 Å². The third kappa shape index (κ3) is 5.12. The van der Waals surface area contributed by atoms with Gasteiger partial charge in [-0.25, -0.2) is 4.79 Å². The number of alkyl halides is 3. The second-order valence-corrected chi connectivity index (χ2v) is 6.10. The van der Waals surface area contributed by atoms with Crippen LogP contribution in [0.25, 0.3) is 0 Å². The molecule has 0 aliphatic carbocycles. The van der Waals surface area contributed by atoms with Gasteiger partial charge in [0.1, 0.15) is 0 Å². The number of ether oxygens (including phenoxy) is 1. The molecule has 1 unspecified atom stereocenters. The van der Waals surface area contributed by atoms with Gasteiger partial charge in [-0.05, 0) is 50.8 Å². The van der Waals surface area contributed by atoms with E-state index in [9.17, 15) is 18.0 Å². The SMILES string of the molecule is CCOC(=O)/C(=N/Nc1cccc(C(F)(F)F)c1)N1CCCCC1CC. The van der Waals surface area contributed by atoms with Gasteiger partial charge in [0.05, 0.1) is 17.9 Å². The van der Waals surface area contributed by atoms with Crippen molar-refractivity contribution in [3.8, 4) is 0 Å². The van der Waals surface area contributed by atoms with Gasteiger partial charge in [-0.1, -0.05) is 13.0 Å². The van der Waals surface area contributed by atoms with Crippen LogP contribution in [0.15, 0.2) is 29.4 Å². The Morgan fingerprint density at radius 3 is 2.77 bits per heavy atom. The van der Waals surface area contributed by atoms with Gasteiger partial charge >= 0.3 is 12.1 Å². The number of nitrogens with one attached hydrogen (secondary N) is 1. The van der Waals surface area contributed by atoms with Crippen molar-refractivity contribution in [2.75, 3.05) is 18.6 Å². The normalized spacial score (nSPS) is 18.6. The van der Waals surface area contributed by atoms with Gasteiger partial charge in [-0.2, -0.15) is 13.2 Å². The molecule has 0 saturated carbocycles. The van der Waals surface area contributed by atoms with E-state index >= 15 is 0 Å². The van der Waals surface area contributed by atoms with Crippen LogP contribution >= 0.6 is 0 Å². The molecule has 1 atom stereocenters. The number of benzene rings is 1. The van der Waals surface area contributed by atoms with Gasteiger partial charge < -0.3 is 9.64 Å². The molecule has 0 radical (unpaired) electrons. The topological polar surface area (TPSA) is 53.9 Å². The monoisotopic (exact) mass is 371 g/mol. The number of carbonyl (C=O) groups excluding carboxylic acids is 1. The molecule has 0 spiro atoms. The summed E-state index contributed by atoms with van der Waals surface area (Å²) in [4.78, 5) is 14.2. The number of rotatable bonds is 4. The molecule has 8 heteroatoms. The standard InChI is InChI=1S/C18H24F3N3O2/c1-3-15-10-5-6-11-24(15)16(17(25)26-4-2)23-22-14-9-7-8-13(12-14)18(19,20)21/h7-9,12,15,22H,3-6,10-11H2,1-2H3/b23-16-. The van der Waals surface area contributed by atoms with E-state index in [4.69, 9.17) is 4.74 Å². The fourth-order valence-corrected chi connectivity index (χ4v) is 3.01. The Hall–Kier alpha value is -2.25. The first-order valence-electron chi connectivity index (χ1n) is 8.81. The number of nitrogens with zero attached hydrogens (tertiary/aromatic N) is 2. The van der Waals surface area contributed by atoms with Crippen LogP contribution in [0.2, 0.25) is 0 Å². The Balaban J connectivity index is 2.26. The molecule has 144 valence electrons. The number of carbonyl (C=O) groups is 1. The summed E-state index contributed by atoms with van der Waals surface area (Å²) in [6.45, 7) is 4.60. The summed E-state index contributed by atoms with van der Waals surface area (Å²) < 4.78 is 43.6. The third-order valence-corrected chi connectivity index (χ3v) is 4.31. The predicted octanol–water partition coefficient (Wildman–Crippen LogP) is 4.26. The molecule has 26 heavy (non-hydrogen) atoms. The fraction of sp³-hybridized carbons (Fsp3) is 0.556. The number of amidine groups is 1. The number of hydrogen-bond acceptors (Lipinski definition) is 4. The first-order chi connectivity index (χ1) is 12.4. The van der Waals surface area contributed by atoms with Crippen molar-refractivity contribution in [2.45, 2.75) is 51.7 Å². The molecule has 5 nitrogen and oxygen atoms in total. The van der Waals surface area contributed by atoms with E-state index in [1.54, 1.807) is 6.92 Å². The van der Waals surface area contributed by atoms with Crippen LogP contribution in [0.4, 0.5) is 18.9 Å². The summed E-state index contributed by atoms with van der Waals surface area (Å²) in [6, 6.07) is 4.86. The van der Waals surface area contributed by atoms with Gasteiger partial charge in [-0.15, -0.1) is 5.10 Å². The van der Waals surface area contributed by atoms with Crippen molar-refractivity contribution >= 4 is 17.5 Å². The minimum Gasteiger partial charge on any atom is -0.460 e. The minimum absolute atomic E-state index is 0.107. The summed E-state index contributed by atoms with van der Waals surface area (Å²) in [5, 5.41) is 4.11. The molecule has 0 aromatic heterocycles. The molecule has 1 aromatic carbocycles. The van der Waals surface area contributed by atoms with Crippen LogP contribution in [0.3, 0.4) is 0 Å². The van der Waals surface area contributed by atoms with Gasteiger partial charge in [0.25, 0.3) is 0 Å². The fourth-order valence-electron chi connectivity index (χ4n) is 3.01. The average Bonchev–Trinajstić information content (AvgIpc) is 2.62. The highest BCUT2D eigenvalue weighted by Gasteiger charge is 2.31. The number of hydrogen-bond donors (Lipinski definition) is 1. The molecule has 1 fully saturated rings. The molecule has 2 rings (SSSR count). The highest BCUT2D eigenvalue weighted by Crippen LogP contribution is 2.30. The lowest BCUT2D eigenvalue weighted by Gasteiger charge is -2.36.